The van der Waals surface area contributed by atoms with Crippen molar-refractivity contribution in [1.82, 2.24) is 62.9 Å². The Bertz CT molecular complexity index is 7080. The number of rotatable bonds is 18. The summed E-state index contributed by atoms with van der Waals surface area (Å²) in [5, 5.41) is 13.8. The minimum absolute atomic E-state index is 0.0187. The molecule has 6 aromatic carbocycles. The number of aliphatic carboxylic acids is 1. The van der Waals surface area contributed by atoms with Gasteiger partial charge in [0.25, 0.3) is 0 Å². The van der Waals surface area contributed by atoms with Crippen LogP contribution < -0.4 is 29.1 Å². The zero-order valence-corrected chi connectivity index (χ0v) is 84.3. The van der Waals surface area contributed by atoms with Crippen LogP contribution in [0.1, 0.15) is 244 Å². The van der Waals surface area contributed by atoms with E-state index in [-0.39, 0.29) is 119 Å². The number of sulfone groups is 1. The second kappa shape index (κ2) is 42.5. The maximum atomic E-state index is 14.2. The number of carbonyl (C=O) groups excluding carboxylic acids is 6. The second-order valence-electron chi connectivity index (χ2n) is 39.7. The summed E-state index contributed by atoms with van der Waals surface area (Å²) in [4.78, 5) is 126. The number of aromatic amines is 1. The topological polar surface area (TPSA) is 373 Å². The number of ketones is 2. The number of aryl methyl sites for hydroxylation is 6. The van der Waals surface area contributed by atoms with Crippen LogP contribution in [0.25, 0.3) is 55.3 Å². The molecule has 35 heteroatoms. The monoisotopic (exact) mass is 1970 g/mol. The highest BCUT2D eigenvalue weighted by atomic mass is 32.2. The highest BCUT2D eigenvalue weighted by molar-refractivity contribution is 7.91. The van der Waals surface area contributed by atoms with Crippen LogP contribution in [0.5, 0.6) is 11.5 Å². The number of hydrogen-bond acceptors (Lipinski definition) is 22. The highest BCUT2D eigenvalue weighted by Crippen LogP contribution is 2.48. The summed E-state index contributed by atoms with van der Waals surface area (Å²) in [7, 11) is 5.78. The van der Waals surface area contributed by atoms with E-state index in [4.69, 9.17) is 53.3 Å². The molecule has 143 heavy (non-hydrogen) atoms. The Morgan fingerprint density at radius 1 is 0.469 bits per heavy atom. The van der Waals surface area contributed by atoms with E-state index in [2.05, 4.69) is 57.6 Å². The first kappa shape index (κ1) is 99.5. The van der Waals surface area contributed by atoms with Crippen molar-refractivity contribution in [3.05, 3.63) is 196 Å². The van der Waals surface area contributed by atoms with Gasteiger partial charge < -0.3 is 56.8 Å². The summed E-state index contributed by atoms with van der Waals surface area (Å²) in [6, 6.07) is 33.0. The number of carbonyl (C=O) groups is 7. The quantitative estimate of drug-likeness (QED) is 0.0753. The average molecular weight is 1970 g/mol. The molecule has 1 saturated heterocycles. The number of Topliss-reactive ketones (excluding diaryl/α,β-unsaturated/α-hetero) is 2. The van der Waals surface area contributed by atoms with Crippen LogP contribution in [-0.4, -0.2) is 197 Å². The van der Waals surface area contributed by atoms with Gasteiger partial charge in [-0.25, -0.2) is 61.9 Å². The highest BCUT2D eigenvalue weighted by Gasteiger charge is 2.42. The van der Waals surface area contributed by atoms with Crippen molar-refractivity contribution >= 4 is 130 Å². The maximum absolute atomic E-state index is 14.2. The molecule has 21 rings (SSSR count). The van der Waals surface area contributed by atoms with Crippen molar-refractivity contribution in [2.45, 2.75) is 263 Å². The van der Waals surface area contributed by atoms with E-state index in [0.717, 1.165) is 268 Å². The summed E-state index contributed by atoms with van der Waals surface area (Å²) < 4.78 is 81.2. The Morgan fingerprint density at radius 3 is 1.35 bits per heavy atom. The van der Waals surface area contributed by atoms with Gasteiger partial charge in [-0.2, -0.15) is 5.10 Å². The van der Waals surface area contributed by atoms with Gasteiger partial charge in [-0.05, 0) is 267 Å². The van der Waals surface area contributed by atoms with Crippen LogP contribution in [0.15, 0.2) is 128 Å². The molecule has 754 valence electrons. The number of imidazole rings is 4. The number of nitrogens with one attached hydrogen (secondary N) is 1. The lowest BCUT2D eigenvalue weighted by atomic mass is 9.83. The van der Waals surface area contributed by atoms with Crippen molar-refractivity contribution in [2.24, 2.45) is 17.8 Å². The molecule has 5 aliphatic heterocycles. The second-order valence-corrected chi connectivity index (χ2v) is 41.9. The summed E-state index contributed by atoms with van der Waals surface area (Å²) in [6.07, 6.45) is 26.4. The molecule has 2 N–H and O–H groups in total. The zero-order chi connectivity index (χ0) is 101. The smallest absolute Gasteiger partial charge is 0.414 e. The molecule has 4 fully saturated rings. The molecule has 0 unspecified atom stereocenters. The SMILES string of the molecule is COC(=O)N1c2ccc3c(nc(CCn4cccn4)n3[C@H]3CCCS(=O)(=O)C3)c2CC[C@@H]1C.COC(=O)N1c2ccc3c(nc(Cc4cc(F)ccc4OC)n3[C@@H]3CCC[C@@H](C(C)=O)C3)c2CC[C@@H]1C.COC(=O)N1c2ccc3c(nc(Cc4ccc(OC)cc4)n3C3CCC(C(=O)O)CC3)c2CC[C@@H]1C.COC(=O)N1c2ccc3c(nc(Cc4cnc5[nH]ccc5n4)n3[C@@H]3CCC[C@@H](C(C)=O)C3)c2CC[C@@H]1C. The third-order valence-electron chi connectivity index (χ3n) is 30.9. The van der Waals surface area contributed by atoms with E-state index in [1.54, 1.807) is 66.1 Å². The molecule has 9 atom stereocenters. The first-order chi connectivity index (χ1) is 69.0. The number of benzene rings is 6. The van der Waals surface area contributed by atoms with E-state index < -0.39 is 15.8 Å². The van der Waals surface area contributed by atoms with Gasteiger partial charge in [-0.1, -0.05) is 25.0 Å². The van der Waals surface area contributed by atoms with E-state index in [1.165, 1.54) is 40.6 Å². The molecule has 0 radical (unpaired) electrons. The molecule has 3 saturated carbocycles. The number of ether oxygens (including phenoxy) is 6. The number of halogens is 1. The van der Waals surface area contributed by atoms with Crippen molar-refractivity contribution < 1.29 is 79.9 Å². The van der Waals surface area contributed by atoms with Crippen molar-refractivity contribution in [2.75, 3.05) is 73.8 Å². The summed E-state index contributed by atoms with van der Waals surface area (Å²) >= 11 is 0. The van der Waals surface area contributed by atoms with Crippen LogP contribution in [-0.2, 0) is 101 Å². The van der Waals surface area contributed by atoms with E-state index in [1.807, 2.05) is 105 Å². The van der Waals surface area contributed by atoms with E-state index in [9.17, 15) is 51.5 Å². The Kier molecular flexibility index (Phi) is 29.6. The predicted molar refractivity (Wildman–Crippen MR) is 543 cm³/mol. The Hall–Kier alpha value is -13.6. The Morgan fingerprint density at radius 2 is 0.916 bits per heavy atom. The number of nitrogens with zero attached hydrogens (tertiary/aromatic N) is 16. The fraction of sp³-hybridized carbons (Fsp3) is 0.481. The maximum Gasteiger partial charge on any atom is 0.414 e. The van der Waals surface area contributed by atoms with Crippen LogP contribution in [0.2, 0.25) is 0 Å². The van der Waals surface area contributed by atoms with Crippen LogP contribution >= 0.6 is 0 Å². The van der Waals surface area contributed by atoms with E-state index in [0.29, 0.717) is 57.2 Å². The number of carboxylic acid groups (broad SMARTS) is 1. The fourth-order valence-corrected chi connectivity index (χ4v) is 25.2. The molecular weight excluding hydrogens is 1840 g/mol. The van der Waals surface area contributed by atoms with E-state index >= 15 is 0 Å². The molecule has 8 aliphatic rings. The first-order valence-electron chi connectivity index (χ1n) is 50.3. The van der Waals surface area contributed by atoms with Gasteiger partial charge in [0.15, 0.2) is 15.5 Å². The number of carboxylic acids is 1. The number of amides is 4. The van der Waals surface area contributed by atoms with Gasteiger partial charge >= 0.3 is 30.3 Å². The largest absolute Gasteiger partial charge is 0.497 e. The van der Waals surface area contributed by atoms with Crippen LogP contribution in [0, 0.1) is 23.6 Å². The van der Waals surface area contributed by atoms with Gasteiger partial charge in [-0.15, -0.1) is 0 Å². The molecule has 0 bridgehead atoms. The molecule has 7 aromatic heterocycles. The molecule has 12 heterocycles. The standard InChI is InChI=1S/C29H34FN3O4.C28H32N6O3.C28H33N3O5.C23H29N5O4S/c1-17-8-10-23-24(32(17)29(35)37-4)11-12-25-28(23)31-27(16-20-14-21(30)9-13-26(20)36-3)33(25)22-7-5-6-19(15-22)18(2)34;1-16-7-8-21-23(33(16)28(36)37-3)9-10-24-26(21)32-25(14-19-15-30-27-22(31-19)11-12-29-27)34(24)20-6-4-5-18(13-20)17(2)35;1-17-4-13-22-23(30(17)28(34)36-3)14-15-24-26(22)29-25(16-18-5-11-21(35-2)12-6-18)31(24)20-9-7-19(8-10-20)27(32)33;1-16-6-7-18-19(27(16)23(29)32-2)8-9-20-22(18)25-21(10-13-26-12-4-11-24-26)28(20)17-5-3-14-33(30,31)15-17/h9,11-14,17,19,22H,5-8,10,15-16H2,1-4H3;9-12,15-16,18,20H,4-8,13-14H2,1-3H3,(H,29,30);5-6,11-12,14-15,17,19-20H,4,7-10,13,16H2,1-3H3,(H,32,33);4,8-9,11-12,16-17H,3,5-7,10,13-15H2,1-2H3/t17-,19+,22+;16-,18+,20+;17-,19?,20?;16-,17-/m0000/s1. The number of fused-ring (bicyclic) bond motifs is 13. The summed E-state index contributed by atoms with van der Waals surface area (Å²) in [6.45, 7) is 12.2. The minimum atomic E-state index is -3.09. The van der Waals surface area contributed by atoms with Crippen LogP contribution in [0.4, 0.5) is 46.3 Å². The predicted octanol–water partition coefficient (Wildman–Crippen LogP) is 19.6. The van der Waals surface area contributed by atoms with Crippen molar-refractivity contribution in [3.63, 3.8) is 0 Å². The minimum Gasteiger partial charge on any atom is -0.497 e. The lowest BCUT2D eigenvalue weighted by Crippen LogP contribution is -2.42. The van der Waals surface area contributed by atoms with Gasteiger partial charge in [0.2, 0.25) is 0 Å². The Labute approximate surface area is 830 Å². The normalized spacial score (nSPS) is 21.8. The Balaban J connectivity index is 0.000000126. The number of hydrogen-bond donors (Lipinski definition) is 2. The molecule has 13 aromatic rings. The van der Waals surface area contributed by atoms with Crippen molar-refractivity contribution in [3.8, 4) is 11.5 Å². The number of aromatic nitrogens is 13. The van der Waals surface area contributed by atoms with Gasteiger partial charge in [0, 0.05) is 139 Å². The lowest BCUT2D eigenvalue weighted by Gasteiger charge is -2.34. The lowest BCUT2D eigenvalue weighted by molar-refractivity contribution is -0.143. The third kappa shape index (κ3) is 20.2. The number of anilines is 4. The number of H-pyrrole nitrogens is 1. The fourth-order valence-electron chi connectivity index (χ4n) is 23.5. The molecule has 33 nitrogen and oxygen atoms in total. The number of methoxy groups -OCH3 is 6. The van der Waals surface area contributed by atoms with Gasteiger partial charge in [0.05, 0.1) is 139 Å². The summed E-state index contributed by atoms with van der Waals surface area (Å²) in [5.74, 6) is 4.65. The molecular formula is C108H128FN17O16S. The third-order valence-corrected chi connectivity index (χ3v) is 32.7. The summed E-state index contributed by atoms with van der Waals surface area (Å²) in [5.41, 5.74) is 19.4. The zero-order valence-electron chi connectivity index (χ0n) is 83.5. The molecule has 3 aliphatic carbocycles. The van der Waals surface area contributed by atoms with Gasteiger partial charge in [0.1, 0.15) is 57.7 Å². The average Bonchev–Trinajstić information content (AvgIpc) is 1.61. The van der Waals surface area contributed by atoms with Crippen molar-refractivity contribution in [1.29, 1.82) is 0 Å². The van der Waals surface area contributed by atoms with Gasteiger partial charge in [-0.3, -0.25) is 38.7 Å². The van der Waals surface area contributed by atoms with Crippen LogP contribution in [0.3, 0.4) is 0 Å². The molecule has 0 spiro atoms. The molecule has 4 amide bonds. The first-order valence-corrected chi connectivity index (χ1v) is 52.1.